The molecule has 2 aromatic rings. The molecule has 3 N–H and O–H groups in total. The summed E-state index contributed by atoms with van der Waals surface area (Å²) in [5.41, 5.74) is 5.89. The lowest BCUT2D eigenvalue weighted by Crippen LogP contribution is -2.15. The number of methoxy groups -OCH3 is 2. The second kappa shape index (κ2) is 7.23. The molecule has 0 fully saturated rings. The summed E-state index contributed by atoms with van der Waals surface area (Å²) < 4.78 is 11.0. The highest BCUT2D eigenvalue weighted by molar-refractivity contribution is 7.18. The van der Waals surface area contributed by atoms with Crippen molar-refractivity contribution >= 4 is 34.1 Å². The molecule has 0 unspecified atom stereocenters. The second-order valence-corrected chi connectivity index (χ2v) is 5.75. The minimum Gasteiger partial charge on any atom is -0.465 e. The number of amides is 2. The van der Waals surface area contributed by atoms with E-state index in [9.17, 15) is 14.4 Å². The number of nitrogens with zero attached hydrogens (tertiary/aromatic N) is 2. The highest BCUT2D eigenvalue weighted by Gasteiger charge is 2.26. The van der Waals surface area contributed by atoms with E-state index >= 15 is 0 Å². The molecule has 9 nitrogen and oxygen atoms in total. The summed E-state index contributed by atoms with van der Waals surface area (Å²) in [6, 6.07) is 1.50. The molecule has 2 heterocycles. The fourth-order valence-electron chi connectivity index (χ4n) is 2.04. The van der Waals surface area contributed by atoms with Gasteiger partial charge >= 0.3 is 5.97 Å². The van der Waals surface area contributed by atoms with Crippen molar-refractivity contribution in [1.29, 1.82) is 0 Å². The molecule has 2 rings (SSSR count). The Morgan fingerprint density at radius 3 is 2.67 bits per heavy atom. The van der Waals surface area contributed by atoms with Crippen LogP contribution in [0, 0.1) is 6.92 Å². The van der Waals surface area contributed by atoms with Gasteiger partial charge in [-0.3, -0.25) is 9.59 Å². The van der Waals surface area contributed by atoms with Crippen LogP contribution in [0.4, 0.5) is 5.00 Å². The van der Waals surface area contributed by atoms with E-state index in [4.69, 9.17) is 15.2 Å². The highest BCUT2D eigenvalue weighted by atomic mass is 32.1. The van der Waals surface area contributed by atoms with Crippen LogP contribution >= 0.6 is 11.3 Å². The average Bonchev–Trinajstić information content (AvgIpc) is 3.12. The summed E-state index contributed by atoms with van der Waals surface area (Å²) in [6.45, 7) is 1.76. The van der Waals surface area contributed by atoms with Gasteiger partial charge in [-0.05, 0) is 18.6 Å². The molecule has 0 atom stereocenters. The van der Waals surface area contributed by atoms with E-state index in [-0.39, 0.29) is 27.9 Å². The lowest BCUT2D eigenvalue weighted by Gasteiger charge is -2.04. The van der Waals surface area contributed by atoms with Crippen molar-refractivity contribution in [2.75, 3.05) is 19.5 Å². The lowest BCUT2D eigenvalue weighted by molar-refractivity contribution is 0.0601. The van der Waals surface area contributed by atoms with Crippen molar-refractivity contribution in [3.05, 3.63) is 34.0 Å². The van der Waals surface area contributed by atoms with E-state index in [1.165, 1.54) is 25.0 Å². The van der Waals surface area contributed by atoms with Gasteiger partial charge in [-0.15, -0.1) is 11.3 Å². The van der Waals surface area contributed by atoms with Crippen molar-refractivity contribution in [3.63, 3.8) is 0 Å². The van der Waals surface area contributed by atoms with Gasteiger partial charge in [0.05, 0.1) is 17.6 Å². The SMILES string of the molecule is COCn1ccc(C(=O)Nc2sc(C(N)=O)c(C)c2C(=O)OC)n1. The summed E-state index contributed by atoms with van der Waals surface area (Å²) in [5, 5.41) is 6.78. The highest BCUT2D eigenvalue weighted by Crippen LogP contribution is 2.33. The number of esters is 1. The zero-order valence-electron chi connectivity index (χ0n) is 13.3. The molecule has 0 aliphatic rings. The zero-order chi connectivity index (χ0) is 17.9. The molecule has 10 heteroatoms. The molecule has 0 spiro atoms. The minimum atomic E-state index is -0.687. The van der Waals surface area contributed by atoms with Crippen LogP contribution in [-0.2, 0) is 16.2 Å². The first-order chi connectivity index (χ1) is 11.4. The number of nitrogens with one attached hydrogen (secondary N) is 1. The summed E-state index contributed by atoms with van der Waals surface area (Å²) in [7, 11) is 2.71. The minimum absolute atomic E-state index is 0.0981. The number of carbonyl (C=O) groups is 3. The third-order valence-electron chi connectivity index (χ3n) is 3.12. The summed E-state index contributed by atoms with van der Waals surface area (Å²) in [5.74, 6) is -1.89. The van der Waals surface area contributed by atoms with Gasteiger partial charge in [0.25, 0.3) is 11.8 Å². The number of anilines is 1. The molecule has 2 amide bonds. The summed E-state index contributed by atoms with van der Waals surface area (Å²) in [6.07, 6.45) is 1.58. The van der Waals surface area contributed by atoms with Crippen molar-refractivity contribution < 1.29 is 23.9 Å². The molecule has 24 heavy (non-hydrogen) atoms. The molecule has 0 aliphatic carbocycles. The molecule has 0 radical (unpaired) electrons. The van der Waals surface area contributed by atoms with Crippen LogP contribution in [0.5, 0.6) is 0 Å². The van der Waals surface area contributed by atoms with Gasteiger partial charge in [0.2, 0.25) is 0 Å². The Morgan fingerprint density at radius 1 is 1.38 bits per heavy atom. The smallest absolute Gasteiger partial charge is 0.341 e. The largest absolute Gasteiger partial charge is 0.465 e. The average molecular weight is 352 g/mol. The Hall–Kier alpha value is -2.72. The molecule has 0 aliphatic heterocycles. The maximum atomic E-state index is 12.3. The number of ether oxygens (including phenoxy) is 2. The molecule has 2 aromatic heterocycles. The van der Waals surface area contributed by atoms with Crippen LogP contribution in [0.1, 0.15) is 36.1 Å². The standard InChI is InChI=1S/C14H16N4O5S/c1-7-9(14(21)23-3)13(24-10(7)11(15)19)16-12(20)8-4-5-18(17-8)6-22-2/h4-5H,6H2,1-3H3,(H2,15,19)(H,16,20). The normalized spacial score (nSPS) is 10.5. The van der Waals surface area contributed by atoms with E-state index in [0.29, 0.717) is 5.56 Å². The number of nitrogens with two attached hydrogens (primary N) is 1. The predicted molar refractivity (Wildman–Crippen MR) is 86.1 cm³/mol. The zero-order valence-corrected chi connectivity index (χ0v) is 14.1. The van der Waals surface area contributed by atoms with Crippen LogP contribution in [0.3, 0.4) is 0 Å². The number of rotatable bonds is 6. The van der Waals surface area contributed by atoms with E-state index in [0.717, 1.165) is 11.3 Å². The molecule has 128 valence electrons. The first-order valence-electron chi connectivity index (χ1n) is 6.74. The van der Waals surface area contributed by atoms with Gasteiger partial charge in [-0.2, -0.15) is 5.10 Å². The Kier molecular flexibility index (Phi) is 5.31. The van der Waals surface area contributed by atoms with Gasteiger partial charge in [-0.25, -0.2) is 9.48 Å². The van der Waals surface area contributed by atoms with E-state index in [1.807, 2.05) is 0 Å². The van der Waals surface area contributed by atoms with Gasteiger partial charge in [0, 0.05) is 13.3 Å². The third kappa shape index (κ3) is 3.44. The van der Waals surface area contributed by atoms with Crippen LogP contribution in [-0.4, -0.2) is 41.8 Å². The number of hydrogen-bond acceptors (Lipinski definition) is 7. The van der Waals surface area contributed by atoms with Crippen molar-refractivity contribution in [1.82, 2.24) is 9.78 Å². The first kappa shape index (κ1) is 17.6. The lowest BCUT2D eigenvalue weighted by atomic mass is 10.1. The summed E-state index contributed by atoms with van der Waals surface area (Å²) >= 11 is 0.911. The van der Waals surface area contributed by atoms with Crippen molar-refractivity contribution in [2.45, 2.75) is 13.7 Å². The molecular weight excluding hydrogens is 336 g/mol. The second-order valence-electron chi connectivity index (χ2n) is 4.73. The van der Waals surface area contributed by atoms with Gasteiger partial charge in [-0.1, -0.05) is 0 Å². The Labute approximate surface area is 141 Å². The number of primary amides is 1. The van der Waals surface area contributed by atoms with Crippen LogP contribution in [0.25, 0.3) is 0 Å². The van der Waals surface area contributed by atoms with Crippen LogP contribution < -0.4 is 11.1 Å². The van der Waals surface area contributed by atoms with Crippen LogP contribution in [0.15, 0.2) is 12.3 Å². The fourth-order valence-corrected chi connectivity index (χ4v) is 3.08. The Bertz CT molecular complexity index is 795. The quantitative estimate of drug-likeness (QED) is 0.747. The molecular formula is C14H16N4O5S. The van der Waals surface area contributed by atoms with Gasteiger partial charge in [0.15, 0.2) is 5.69 Å². The van der Waals surface area contributed by atoms with Crippen LogP contribution in [0.2, 0.25) is 0 Å². The monoisotopic (exact) mass is 352 g/mol. The molecule has 0 aromatic carbocycles. The number of aromatic nitrogens is 2. The maximum absolute atomic E-state index is 12.3. The van der Waals surface area contributed by atoms with Gasteiger partial charge < -0.3 is 20.5 Å². The third-order valence-corrected chi connectivity index (χ3v) is 4.34. The number of hydrogen-bond donors (Lipinski definition) is 2. The fraction of sp³-hybridized carbons (Fsp3) is 0.286. The topological polar surface area (TPSA) is 126 Å². The Balaban J connectivity index is 2.33. The number of thiophene rings is 1. The van der Waals surface area contributed by atoms with E-state index in [2.05, 4.69) is 10.4 Å². The summed E-state index contributed by atoms with van der Waals surface area (Å²) in [4.78, 5) is 35.9. The van der Waals surface area contributed by atoms with Gasteiger partial charge in [0.1, 0.15) is 11.7 Å². The molecule has 0 saturated carbocycles. The van der Waals surface area contributed by atoms with Crippen molar-refractivity contribution in [3.8, 4) is 0 Å². The van der Waals surface area contributed by atoms with E-state index in [1.54, 1.807) is 13.1 Å². The maximum Gasteiger partial charge on any atom is 0.341 e. The van der Waals surface area contributed by atoms with Crippen molar-refractivity contribution in [2.24, 2.45) is 5.73 Å². The molecule has 0 saturated heterocycles. The molecule has 0 bridgehead atoms. The Morgan fingerprint density at radius 2 is 2.08 bits per heavy atom. The first-order valence-corrected chi connectivity index (χ1v) is 7.56. The number of carbonyl (C=O) groups excluding carboxylic acids is 3. The van der Waals surface area contributed by atoms with E-state index < -0.39 is 17.8 Å². The predicted octanol–water partition coefficient (Wildman–Crippen LogP) is 0.995.